The highest BCUT2D eigenvalue weighted by Crippen LogP contribution is 2.47. The zero-order chi connectivity index (χ0) is 17.8. The van der Waals surface area contributed by atoms with Crippen LogP contribution in [0.3, 0.4) is 0 Å². The van der Waals surface area contributed by atoms with Crippen LogP contribution in [0.15, 0.2) is 16.7 Å². The molecule has 136 valence electrons. The van der Waals surface area contributed by atoms with E-state index in [2.05, 4.69) is 14.6 Å². The van der Waals surface area contributed by atoms with Crippen molar-refractivity contribution in [2.45, 2.75) is 44.4 Å². The van der Waals surface area contributed by atoms with Crippen molar-refractivity contribution in [3.63, 3.8) is 0 Å². The number of ether oxygens (including phenoxy) is 1. The maximum Gasteiger partial charge on any atom is 0.452 e. The number of epoxide rings is 1. The van der Waals surface area contributed by atoms with Gasteiger partial charge in [0.15, 0.2) is 0 Å². The van der Waals surface area contributed by atoms with Crippen molar-refractivity contribution in [2.75, 3.05) is 13.1 Å². The molecule has 0 saturated carbocycles. The monoisotopic (exact) mass is 376 g/mol. The van der Waals surface area contributed by atoms with Gasteiger partial charge in [-0.25, -0.2) is 4.39 Å². The van der Waals surface area contributed by atoms with E-state index >= 15 is 0 Å². The van der Waals surface area contributed by atoms with Crippen molar-refractivity contribution in [2.24, 2.45) is 0 Å². The number of nitrogens with zero attached hydrogens (tertiary/aromatic N) is 2. The molecule has 2 saturated heterocycles. The van der Waals surface area contributed by atoms with E-state index in [1.807, 2.05) is 6.07 Å². The number of aromatic nitrogens is 1. The number of piperidine rings is 1. The number of hydrogen-bond donors (Lipinski definition) is 0. The Morgan fingerprint density at radius 3 is 2.60 bits per heavy atom. The Bertz CT molecular complexity index is 765. The third-order valence-electron chi connectivity index (χ3n) is 4.61. The second-order valence-electron chi connectivity index (χ2n) is 6.34. The van der Waals surface area contributed by atoms with Crippen molar-refractivity contribution in [3.05, 3.63) is 28.3 Å². The first-order valence-corrected chi connectivity index (χ1v) is 8.83. The Balaban J connectivity index is 1.48. The molecule has 2 aromatic rings. The van der Waals surface area contributed by atoms with Crippen LogP contribution in [-0.4, -0.2) is 35.5 Å². The average molecular weight is 376 g/mol. The number of rotatable bonds is 3. The van der Waals surface area contributed by atoms with E-state index in [1.165, 1.54) is 18.3 Å². The Kier molecular flexibility index (Phi) is 4.12. The summed E-state index contributed by atoms with van der Waals surface area (Å²) in [7, 11) is 0. The molecule has 2 fully saturated rings. The summed E-state index contributed by atoms with van der Waals surface area (Å²) in [6, 6.07) is 3.57. The lowest BCUT2D eigenvalue weighted by molar-refractivity contribution is -0.156. The Morgan fingerprint density at radius 2 is 1.96 bits per heavy atom. The van der Waals surface area contributed by atoms with Gasteiger partial charge in [0.2, 0.25) is 5.76 Å². The summed E-state index contributed by atoms with van der Waals surface area (Å²) in [5, 5.41) is 3.59. The molecule has 0 radical (unpaired) electrons. The predicted molar refractivity (Wildman–Crippen MR) is 82.9 cm³/mol. The second kappa shape index (κ2) is 6.07. The number of thiophene rings is 1. The average Bonchev–Trinajstić information content (AvgIpc) is 3.00. The zero-order valence-corrected chi connectivity index (χ0v) is 14.2. The van der Waals surface area contributed by atoms with Gasteiger partial charge in [-0.2, -0.15) is 13.2 Å². The summed E-state index contributed by atoms with van der Waals surface area (Å²) in [4.78, 5) is 3.66. The third-order valence-corrected chi connectivity index (χ3v) is 5.76. The van der Waals surface area contributed by atoms with Gasteiger partial charge < -0.3 is 9.26 Å². The molecule has 2 aliphatic rings. The standard InChI is InChI=1S/C16H16F4N2O2S/c1-8-12(21-24-14(8)16(18,19)20)10-2-3-11(25-10)13-15(23-13)22-6-4-9(17)5-7-22/h2-3,9,13,15H,4-7H2,1H3. The highest BCUT2D eigenvalue weighted by molar-refractivity contribution is 7.15. The van der Waals surface area contributed by atoms with E-state index in [0.29, 0.717) is 30.8 Å². The highest BCUT2D eigenvalue weighted by atomic mass is 32.1. The lowest BCUT2D eigenvalue weighted by Crippen LogP contribution is -2.36. The third kappa shape index (κ3) is 3.20. The fraction of sp³-hybridized carbons (Fsp3) is 0.562. The molecule has 9 heteroatoms. The van der Waals surface area contributed by atoms with E-state index in [-0.39, 0.29) is 23.6 Å². The van der Waals surface area contributed by atoms with Crippen LogP contribution >= 0.6 is 11.3 Å². The molecule has 0 N–H and O–H groups in total. The SMILES string of the molecule is Cc1c(-c2ccc(C3OC3N3CCC(F)CC3)s2)noc1C(F)(F)F. The van der Waals surface area contributed by atoms with Crippen molar-refractivity contribution in [1.82, 2.24) is 10.1 Å². The first-order valence-electron chi connectivity index (χ1n) is 8.01. The van der Waals surface area contributed by atoms with Gasteiger partial charge in [0.05, 0.1) is 4.88 Å². The largest absolute Gasteiger partial charge is 0.452 e. The molecule has 2 unspecified atom stereocenters. The summed E-state index contributed by atoms with van der Waals surface area (Å²) in [6.07, 6.45) is -4.43. The van der Waals surface area contributed by atoms with E-state index in [9.17, 15) is 17.6 Å². The molecule has 4 heterocycles. The molecule has 2 atom stereocenters. The Hall–Kier alpha value is -1.45. The van der Waals surface area contributed by atoms with Crippen LogP contribution in [0.5, 0.6) is 0 Å². The molecule has 2 aliphatic heterocycles. The molecular formula is C16H16F4N2O2S. The van der Waals surface area contributed by atoms with Gasteiger partial charge in [0, 0.05) is 23.5 Å². The van der Waals surface area contributed by atoms with E-state index in [1.54, 1.807) is 6.07 Å². The normalized spacial score (nSPS) is 25.5. The quantitative estimate of drug-likeness (QED) is 0.582. The minimum Gasteiger partial charge on any atom is -0.351 e. The van der Waals surface area contributed by atoms with E-state index in [0.717, 1.165) is 4.88 Å². The summed E-state index contributed by atoms with van der Waals surface area (Å²) in [6.45, 7) is 2.68. The van der Waals surface area contributed by atoms with Crippen LogP contribution in [0.1, 0.15) is 35.1 Å². The van der Waals surface area contributed by atoms with Crippen molar-refractivity contribution in [3.8, 4) is 10.6 Å². The summed E-state index contributed by atoms with van der Waals surface area (Å²) in [5.41, 5.74) is 0.193. The molecule has 0 spiro atoms. The van der Waals surface area contributed by atoms with Gasteiger partial charge in [0.25, 0.3) is 0 Å². The maximum absolute atomic E-state index is 13.2. The van der Waals surface area contributed by atoms with Crippen LogP contribution in [-0.2, 0) is 10.9 Å². The molecule has 25 heavy (non-hydrogen) atoms. The van der Waals surface area contributed by atoms with Crippen LogP contribution in [0.4, 0.5) is 17.6 Å². The summed E-state index contributed by atoms with van der Waals surface area (Å²) < 4.78 is 61.9. The zero-order valence-electron chi connectivity index (χ0n) is 13.3. The number of alkyl halides is 4. The van der Waals surface area contributed by atoms with Gasteiger partial charge in [-0.3, -0.25) is 4.90 Å². The first kappa shape index (κ1) is 17.0. The second-order valence-corrected chi connectivity index (χ2v) is 7.46. The topological polar surface area (TPSA) is 41.8 Å². The van der Waals surface area contributed by atoms with E-state index in [4.69, 9.17) is 4.74 Å². The molecule has 0 aliphatic carbocycles. The van der Waals surface area contributed by atoms with Gasteiger partial charge in [0.1, 0.15) is 24.2 Å². The van der Waals surface area contributed by atoms with Crippen molar-refractivity contribution >= 4 is 11.3 Å². The molecule has 0 amide bonds. The lowest BCUT2D eigenvalue weighted by Gasteiger charge is -2.26. The summed E-state index contributed by atoms with van der Waals surface area (Å²) >= 11 is 1.35. The fourth-order valence-electron chi connectivity index (χ4n) is 3.18. The molecule has 2 aromatic heterocycles. The number of hydrogen-bond acceptors (Lipinski definition) is 5. The van der Waals surface area contributed by atoms with Crippen molar-refractivity contribution < 1.29 is 26.8 Å². The van der Waals surface area contributed by atoms with Gasteiger partial charge in [-0.05, 0) is 31.9 Å². The van der Waals surface area contributed by atoms with Gasteiger partial charge in [-0.1, -0.05) is 5.16 Å². The molecule has 0 aromatic carbocycles. The van der Waals surface area contributed by atoms with Crippen LogP contribution in [0, 0.1) is 6.92 Å². The number of likely N-dealkylation sites (tertiary alicyclic amines) is 1. The Labute approximate surface area is 145 Å². The summed E-state index contributed by atoms with van der Waals surface area (Å²) in [5.74, 6) is -1.06. The molecule has 0 bridgehead atoms. The maximum atomic E-state index is 13.2. The minimum atomic E-state index is -4.55. The first-order chi connectivity index (χ1) is 11.8. The predicted octanol–water partition coefficient (Wildman–Crippen LogP) is 4.56. The highest BCUT2D eigenvalue weighted by Gasteiger charge is 2.46. The smallest absolute Gasteiger partial charge is 0.351 e. The van der Waals surface area contributed by atoms with Gasteiger partial charge in [-0.15, -0.1) is 11.3 Å². The van der Waals surface area contributed by atoms with Crippen LogP contribution < -0.4 is 0 Å². The number of halogens is 4. The Morgan fingerprint density at radius 1 is 1.24 bits per heavy atom. The van der Waals surface area contributed by atoms with Crippen LogP contribution in [0.25, 0.3) is 10.6 Å². The van der Waals surface area contributed by atoms with Crippen molar-refractivity contribution in [1.29, 1.82) is 0 Å². The molecule has 4 rings (SSSR count). The minimum absolute atomic E-state index is 0.0146. The lowest BCUT2D eigenvalue weighted by atomic mass is 10.1. The fourth-order valence-corrected chi connectivity index (χ4v) is 4.28. The molecular weight excluding hydrogens is 360 g/mol. The van der Waals surface area contributed by atoms with E-state index < -0.39 is 18.1 Å². The van der Waals surface area contributed by atoms with Crippen LogP contribution in [0.2, 0.25) is 0 Å². The van der Waals surface area contributed by atoms with Gasteiger partial charge >= 0.3 is 6.18 Å². The molecule has 4 nitrogen and oxygen atoms in total.